The molecule has 1 heterocycles. The zero-order valence-corrected chi connectivity index (χ0v) is 15.4. The third-order valence-corrected chi connectivity index (χ3v) is 3.91. The van der Waals surface area contributed by atoms with Crippen molar-refractivity contribution < 1.29 is 14.3 Å². The summed E-state index contributed by atoms with van der Waals surface area (Å²) in [7, 11) is 3.14. The van der Waals surface area contributed by atoms with E-state index in [4.69, 9.17) is 14.7 Å². The third-order valence-electron chi connectivity index (χ3n) is 3.91. The number of methoxy groups -OCH3 is 2. The van der Waals surface area contributed by atoms with Gasteiger partial charge in [0.2, 0.25) is 0 Å². The van der Waals surface area contributed by atoms with Gasteiger partial charge in [-0.05, 0) is 42.5 Å². The van der Waals surface area contributed by atoms with Gasteiger partial charge in [-0.3, -0.25) is 9.78 Å². The van der Waals surface area contributed by atoms with Crippen LogP contribution in [0.3, 0.4) is 0 Å². The molecule has 0 bridgehead atoms. The molecule has 1 amide bonds. The number of hydrogen-bond acceptors (Lipinski definition) is 6. The number of nitriles is 1. The standard InChI is InChI=1S/C21H18N4O3/c1-27-19-7-6-16(12-20(19)28-2)24-17-8-9-23-18(11-17)21(26)25-15-5-3-4-14(10-15)13-22/h3-12H,1-2H3,(H,23,24)(H,25,26). The van der Waals surface area contributed by atoms with Gasteiger partial charge in [-0.25, -0.2) is 0 Å². The molecule has 28 heavy (non-hydrogen) atoms. The Bertz CT molecular complexity index is 1040. The van der Waals surface area contributed by atoms with Crippen LogP contribution in [0, 0.1) is 11.3 Å². The Morgan fingerprint density at radius 1 is 0.964 bits per heavy atom. The van der Waals surface area contributed by atoms with E-state index in [2.05, 4.69) is 15.6 Å². The Morgan fingerprint density at radius 3 is 2.50 bits per heavy atom. The summed E-state index contributed by atoms with van der Waals surface area (Å²) < 4.78 is 10.5. The predicted octanol–water partition coefficient (Wildman–Crippen LogP) is 3.97. The van der Waals surface area contributed by atoms with Gasteiger partial charge in [-0.1, -0.05) is 6.07 Å². The van der Waals surface area contributed by atoms with E-state index in [-0.39, 0.29) is 11.6 Å². The second kappa shape index (κ2) is 8.56. The quantitative estimate of drug-likeness (QED) is 0.678. The molecule has 140 valence electrons. The molecular formula is C21H18N4O3. The summed E-state index contributed by atoms with van der Waals surface area (Å²) >= 11 is 0. The minimum atomic E-state index is -0.369. The summed E-state index contributed by atoms with van der Waals surface area (Å²) in [5, 5.41) is 14.9. The Morgan fingerprint density at radius 2 is 1.75 bits per heavy atom. The van der Waals surface area contributed by atoms with E-state index in [1.807, 2.05) is 12.1 Å². The van der Waals surface area contributed by atoms with E-state index in [0.717, 1.165) is 5.69 Å². The Kier molecular flexibility index (Phi) is 5.72. The first kappa shape index (κ1) is 18.7. The van der Waals surface area contributed by atoms with Crippen molar-refractivity contribution in [2.45, 2.75) is 0 Å². The molecule has 0 fully saturated rings. The maximum absolute atomic E-state index is 12.5. The fraction of sp³-hybridized carbons (Fsp3) is 0.0952. The fourth-order valence-corrected chi connectivity index (χ4v) is 2.57. The smallest absolute Gasteiger partial charge is 0.274 e. The van der Waals surface area contributed by atoms with Gasteiger partial charge in [0.25, 0.3) is 5.91 Å². The molecular weight excluding hydrogens is 356 g/mol. The lowest BCUT2D eigenvalue weighted by Crippen LogP contribution is -2.13. The van der Waals surface area contributed by atoms with E-state index in [1.165, 1.54) is 0 Å². The normalized spacial score (nSPS) is 9.89. The molecule has 1 aromatic heterocycles. The lowest BCUT2D eigenvalue weighted by molar-refractivity contribution is 0.102. The van der Waals surface area contributed by atoms with Crippen LogP contribution in [0.5, 0.6) is 11.5 Å². The molecule has 0 unspecified atom stereocenters. The molecule has 3 aromatic rings. The number of anilines is 3. The van der Waals surface area contributed by atoms with Crippen LogP contribution in [0.4, 0.5) is 17.1 Å². The Labute approximate surface area is 162 Å². The first-order valence-corrected chi connectivity index (χ1v) is 8.39. The number of ether oxygens (including phenoxy) is 2. The Hall–Kier alpha value is -4.05. The van der Waals surface area contributed by atoms with E-state index >= 15 is 0 Å². The summed E-state index contributed by atoms with van der Waals surface area (Å²) in [5.74, 6) is 0.852. The number of amides is 1. The van der Waals surface area contributed by atoms with Crippen LogP contribution in [0.1, 0.15) is 16.1 Å². The van der Waals surface area contributed by atoms with Crippen LogP contribution in [0.25, 0.3) is 0 Å². The fourth-order valence-electron chi connectivity index (χ4n) is 2.57. The van der Waals surface area contributed by atoms with Crippen LogP contribution < -0.4 is 20.1 Å². The van der Waals surface area contributed by atoms with Crippen molar-refractivity contribution in [1.29, 1.82) is 5.26 Å². The molecule has 0 aliphatic heterocycles. The van der Waals surface area contributed by atoms with E-state index in [0.29, 0.717) is 28.4 Å². The van der Waals surface area contributed by atoms with Crippen LogP contribution in [0.2, 0.25) is 0 Å². The third kappa shape index (κ3) is 4.37. The van der Waals surface area contributed by atoms with Gasteiger partial charge in [-0.15, -0.1) is 0 Å². The van der Waals surface area contributed by atoms with Crippen molar-refractivity contribution in [1.82, 2.24) is 4.98 Å². The average Bonchev–Trinajstić information content (AvgIpc) is 2.74. The Balaban J connectivity index is 1.76. The van der Waals surface area contributed by atoms with E-state index in [9.17, 15) is 4.79 Å². The molecule has 2 aromatic carbocycles. The number of benzene rings is 2. The van der Waals surface area contributed by atoms with Gasteiger partial charge in [-0.2, -0.15) is 5.26 Å². The largest absolute Gasteiger partial charge is 0.493 e. The molecule has 0 radical (unpaired) electrons. The maximum atomic E-state index is 12.5. The number of carbonyl (C=O) groups excluding carboxylic acids is 1. The van der Waals surface area contributed by atoms with Crippen molar-refractivity contribution in [2.24, 2.45) is 0 Å². The van der Waals surface area contributed by atoms with Crippen molar-refractivity contribution in [3.05, 3.63) is 72.1 Å². The summed E-state index contributed by atoms with van der Waals surface area (Å²) in [6, 6.07) is 17.5. The van der Waals surface area contributed by atoms with Crippen molar-refractivity contribution >= 4 is 23.0 Å². The molecule has 2 N–H and O–H groups in total. The van der Waals surface area contributed by atoms with Gasteiger partial charge in [0, 0.05) is 29.3 Å². The number of nitrogens with one attached hydrogen (secondary N) is 2. The van der Waals surface area contributed by atoms with Gasteiger partial charge >= 0.3 is 0 Å². The topological polar surface area (TPSA) is 96.3 Å². The zero-order chi connectivity index (χ0) is 19.9. The first-order valence-electron chi connectivity index (χ1n) is 8.39. The van der Waals surface area contributed by atoms with Gasteiger partial charge < -0.3 is 20.1 Å². The number of pyridine rings is 1. The molecule has 0 saturated carbocycles. The second-order valence-corrected chi connectivity index (χ2v) is 5.77. The lowest BCUT2D eigenvalue weighted by atomic mass is 10.2. The predicted molar refractivity (Wildman–Crippen MR) is 106 cm³/mol. The minimum Gasteiger partial charge on any atom is -0.493 e. The number of carbonyl (C=O) groups is 1. The van der Waals surface area contributed by atoms with Crippen LogP contribution in [0.15, 0.2) is 60.8 Å². The molecule has 0 spiro atoms. The molecule has 3 rings (SSSR count). The average molecular weight is 374 g/mol. The number of hydrogen-bond donors (Lipinski definition) is 2. The summed E-state index contributed by atoms with van der Waals surface area (Å²) in [6.45, 7) is 0. The SMILES string of the molecule is COc1ccc(Nc2ccnc(C(=O)Nc3cccc(C#N)c3)c2)cc1OC. The highest BCUT2D eigenvalue weighted by atomic mass is 16.5. The molecule has 0 saturated heterocycles. The summed E-state index contributed by atoms with van der Waals surface area (Å²) in [4.78, 5) is 16.6. The maximum Gasteiger partial charge on any atom is 0.274 e. The van der Waals surface area contributed by atoms with Gasteiger partial charge in [0.15, 0.2) is 11.5 Å². The van der Waals surface area contributed by atoms with E-state index in [1.54, 1.807) is 68.9 Å². The van der Waals surface area contributed by atoms with E-state index < -0.39 is 0 Å². The van der Waals surface area contributed by atoms with Crippen molar-refractivity contribution in [2.75, 3.05) is 24.9 Å². The molecule has 0 atom stereocenters. The van der Waals surface area contributed by atoms with Crippen LogP contribution in [-0.2, 0) is 0 Å². The number of aromatic nitrogens is 1. The molecule has 7 heteroatoms. The van der Waals surface area contributed by atoms with Crippen molar-refractivity contribution in [3.8, 4) is 17.6 Å². The highest BCUT2D eigenvalue weighted by molar-refractivity contribution is 6.03. The molecule has 0 aliphatic rings. The van der Waals surface area contributed by atoms with Crippen molar-refractivity contribution in [3.63, 3.8) is 0 Å². The number of nitrogens with zero attached hydrogens (tertiary/aromatic N) is 2. The number of rotatable bonds is 6. The molecule has 0 aliphatic carbocycles. The monoisotopic (exact) mass is 374 g/mol. The highest BCUT2D eigenvalue weighted by Crippen LogP contribution is 2.31. The van der Waals surface area contributed by atoms with Gasteiger partial charge in [0.1, 0.15) is 5.69 Å². The molecule has 7 nitrogen and oxygen atoms in total. The minimum absolute atomic E-state index is 0.243. The van der Waals surface area contributed by atoms with Crippen LogP contribution in [-0.4, -0.2) is 25.1 Å². The lowest BCUT2D eigenvalue weighted by Gasteiger charge is -2.12. The second-order valence-electron chi connectivity index (χ2n) is 5.77. The first-order chi connectivity index (χ1) is 13.6. The summed E-state index contributed by atoms with van der Waals surface area (Å²) in [6.07, 6.45) is 1.55. The summed E-state index contributed by atoms with van der Waals surface area (Å²) in [5.41, 5.74) is 2.71. The van der Waals surface area contributed by atoms with Crippen LogP contribution >= 0.6 is 0 Å². The highest BCUT2D eigenvalue weighted by Gasteiger charge is 2.10. The zero-order valence-electron chi connectivity index (χ0n) is 15.4. The van der Waals surface area contributed by atoms with Gasteiger partial charge in [0.05, 0.1) is 25.9 Å².